The summed E-state index contributed by atoms with van der Waals surface area (Å²) in [7, 11) is -3.60. The van der Waals surface area contributed by atoms with Crippen molar-refractivity contribution < 1.29 is 13.5 Å². The molecule has 0 aliphatic carbocycles. The lowest BCUT2D eigenvalue weighted by atomic mass is 10.2. The van der Waals surface area contributed by atoms with Crippen LogP contribution in [-0.2, 0) is 16.6 Å². The Balaban J connectivity index is 2.20. The number of aryl methyl sites for hydroxylation is 2. The fourth-order valence-electron chi connectivity index (χ4n) is 2.71. The van der Waals surface area contributed by atoms with Crippen molar-refractivity contribution in [3.63, 3.8) is 0 Å². The number of piperidine rings is 1. The maximum absolute atomic E-state index is 12.6. The van der Waals surface area contributed by atoms with Crippen LogP contribution in [0.5, 0.6) is 0 Å². The van der Waals surface area contributed by atoms with Crippen molar-refractivity contribution in [2.75, 3.05) is 19.7 Å². The minimum absolute atomic E-state index is 0.0620. The fourth-order valence-corrected chi connectivity index (χ4v) is 4.25. The zero-order valence-electron chi connectivity index (χ0n) is 12.7. The first-order valence-corrected chi connectivity index (χ1v) is 8.86. The van der Waals surface area contributed by atoms with Gasteiger partial charge in [0, 0.05) is 26.2 Å². The van der Waals surface area contributed by atoms with Gasteiger partial charge in [0.15, 0.2) is 0 Å². The molecular formula is C13H24N4O3S. The van der Waals surface area contributed by atoms with E-state index in [9.17, 15) is 8.42 Å². The van der Waals surface area contributed by atoms with Gasteiger partial charge < -0.3 is 5.11 Å². The minimum atomic E-state index is -3.60. The van der Waals surface area contributed by atoms with Crippen molar-refractivity contribution in [2.45, 2.75) is 51.0 Å². The lowest BCUT2D eigenvalue weighted by molar-refractivity contribution is 0.200. The molecule has 0 spiro atoms. The lowest BCUT2D eigenvalue weighted by Crippen LogP contribution is -2.45. The van der Waals surface area contributed by atoms with Crippen molar-refractivity contribution >= 4 is 10.0 Å². The fraction of sp³-hybridized carbons (Fsp3) is 0.769. The number of sulfonamides is 1. The van der Waals surface area contributed by atoms with Crippen molar-refractivity contribution in [1.82, 2.24) is 19.6 Å². The molecule has 1 aliphatic rings. The second-order valence-corrected chi connectivity index (χ2v) is 7.04. The normalized spacial score (nSPS) is 17.3. The number of hydrazine groups is 1. The number of nitrogens with one attached hydrogen (secondary N) is 1. The third-order valence-electron chi connectivity index (χ3n) is 3.72. The van der Waals surface area contributed by atoms with E-state index in [0.717, 1.165) is 32.4 Å². The quantitative estimate of drug-likeness (QED) is 0.801. The number of aliphatic hydroxyl groups excluding tert-OH is 1. The summed E-state index contributed by atoms with van der Waals surface area (Å²) in [6, 6.07) is 0. The maximum atomic E-state index is 12.6. The molecule has 8 heteroatoms. The number of hydrogen-bond donors (Lipinski definition) is 2. The summed E-state index contributed by atoms with van der Waals surface area (Å²) in [5.74, 6) is 0. The molecule has 1 aromatic rings. The monoisotopic (exact) mass is 316 g/mol. The van der Waals surface area contributed by atoms with Crippen LogP contribution in [0.1, 0.15) is 37.1 Å². The summed E-state index contributed by atoms with van der Waals surface area (Å²) in [6.45, 7) is 5.52. The number of aliphatic hydroxyl groups is 1. The third-order valence-corrected chi connectivity index (χ3v) is 5.34. The second-order valence-electron chi connectivity index (χ2n) is 5.44. The first-order chi connectivity index (χ1) is 9.95. The molecule has 1 saturated heterocycles. The van der Waals surface area contributed by atoms with Gasteiger partial charge in [0.05, 0.1) is 11.4 Å². The van der Waals surface area contributed by atoms with Crippen LogP contribution in [0.15, 0.2) is 4.90 Å². The largest absolute Gasteiger partial charge is 0.396 e. The van der Waals surface area contributed by atoms with Gasteiger partial charge >= 0.3 is 0 Å². The number of hydrogen-bond acceptors (Lipinski definition) is 5. The summed E-state index contributed by atoms with van der Waals surface area (Å²) < 4.78 is 26.8. The topological polar surface area (TPSA) is 87.5 Å². The Morgan fingerprint density at radius 3 is 2.52 bits per heavy atom. The summed E-state index contributed by atoms with van der Waals surface area (Å²) in [5.41, 5.74) is 1.11. The van der Waals surface area contributed by atoms with Crippen LogP contribution in [0.25, 0.3) is 0 Å². The molecule has 0 saturated carbocycles. The molecule has 2 rings (SSSR count). The number of rotatable bonds is 6. The molecule has 0 unspecified atom stereocenters. The Kier molecular flexibility index (Phi) is 5.37. The maximum Gasteiger partial charge on any atom is 0.257 e. The highest BCUT2D eigenvalue weighted by molar-refractivity contribution is 7.89. The molecule has 0 amide bonds. The van der Waals surface area contributed by atoms with Crippen molar-refractivity contribution in [3.05, 3.63) is 11.4 Å². The third kappa shape index (κ3) is 3.82. The van der Waals surface area contributed by atoms with Crippen molar-refractivity contribution in [2.24, 2.45) is 0 Å². The SMILES string of the molecule is Cc1nn(CCCO)c(C)c1S(=O)(=O)NN1CCCCC1. The van der Waals surface area contributed by atoms with Gasteiger partial charge in [-0.2, -0.15) is 5.10 Å². The van der Waals surface area contributed by atoms with E-state index in [0.29, 0.717) is 24.4 Å². The van der Waals surface area contributed by atoms with E-state index >= 15 is 0 Å². The van der Waals surface area contributed by atoms with Crippen LogP contribution in [0, 0.1) is 13.8 Å². The van der Waals surface area contributed by atoms with Crippen LogP contribution in [-0.4, -0.2) is 48.0 Å². The van der Waals surface area contributed by atoms with Gasteiger partial charge in [-0.1, -0.05) is 6.42 Å². The van der Waals surface area contributed by atoms with E-state index in [2.05, 4.69) is 9.93 Å². The van der Waals surface area contributed by atoms with E-state index in [4.69, 9.17) is 5.11 Å². The standard InChI is InChI=1S/C13H24N4O3S/c1-11-13(12(2)17(14-11)9-6-10-18)21(19,20)15-16-7-4-3-5-8-16/h15,18H,3-10H2,1-2H3. The van der Waals surface area contributed by atoms with Crippen LogP contribution < -0.4 is 4.83 Å². The van der Waals surface area contributed by atoms with Crippen LogP contribution in [0.3, 0.4) is 0 Å². The molecule has 120 valence electrons. The molecule has 0 bridgehead atoms. The van der Waals surface area contributed by atoms with E-state index in [-0.39, 0.29) is 11.5 Å². The Morgan fingerprint density at radius 2 is 1.90 bits per heavy atom. The first-order valence-electron chi connectivity index (χ1n) is 7.38. The van der Waals surface area contributed by atoms with Crippen LogP contribution in [0.2, 0.25) is 0 Å². The lowest BCUT2D eigenvalue weighted by Gasteiger charge is -2.26. The average molecular weight is 316 g/mol. The summed E-state index contributed by atoms with van der Waals surface area (Å²) in [6.07, 6.45) is 3.73. The predicted molar refractivity (Wildman–Crippen MR) is 79.1 cm³/mol. The minimum Gasteiger partial charge on any atom is -0.396 e. The molecule has 1 fully saturated rings. The van der Waals surface area contributed by atoms with E-state index < -0.39 is 10.0 Å². The Bertz CT molecular complexity index is 576. The number of nitrogens with zero attached hydrogens (tertiary/aromatic N) is 3. The second kappa shape index (κ2) is 6.87. The molecule has 1 aromatic heterocycles. The Morgan fingerprint density at radius 1 is 1.24 bits per heavy atom. The molecule has 0 aromatic carbocycles. The van der Waals surface area contributed by atoms with Crippen LogP contribution in [0.4, 0.5) is 0 Å². The zero-order valence-corrected chi connectivity index (χ0v) is 13.5. The van der Waals surface area contributed by atoms with Gasteiger partial charge in [0.1, 0.15) is 4.90 Å². The first kappa shape index (κ1) is 16.4. The summed E-state index contributed by atoms with van der Waals surface area (Å²) >= 11 is 0. The van der Waals surface area contributed by atoms with Gasteiger partial charge in [0.2, 0.25) is 0 Å². The molecule has 0 radical (unpaired) electrons. The van der Waals surface area contributed by atoms with Gasteiger partial charge in [-0.25, -0.2) is 13.4 Å². The van der Waals surface area contributed by atoms with Gasteiger partial charge in [-0.3, -0.25) is 4.68 Å². The summed E-state index contributed by atoms with van der Waals surface area (Å²) in [4.78, 5) is 2.92. The zero-order chi connectivity index (χ0) is 15.5. The van der Waals surface area contributed by atoms with Gasteiger partial charge in [0.25, 0.3) is 10.0 Å². The van der Waals surface area contributed by atoms with Crippen LogP contribution >= 0.6 is 0 Å². The molecule has 2 N–H and O–H groups in total. The molecule has 1 aliphatic heterocycles. The van der Waals surface area contributed by atoms with E-state index in [1.807, 2.05) is 0 Å². The highest BCUT2D eigenvalue weighted by Gasteiger charge is 2.27. The molecule has 2 heterocycles. The number of aromatic nitrogens is 2. The highest BCUT2D eigenvalue weighted by atomic mass is 32.2. The average Bonchev–Trinajstić information content (AvgIpc) is 2.72. The van der Waals surface area contributed by atoms with E-state index in [1.165, 1.54) is 0 Å². The molecule has 21 heavy (non-hydrogen) atoms. The molecular weight excluding hydrogens is 292 g/mol. The Hall–Kier alpha value is -0.960. The highest BCUT2D eigenvalue weighted by Crippen LogP contribution is 2.20. The van der Waals surface area contributed by atoms with Gasteiger partial charge in [-0.05, 0) is 33.1 Å². The summed E-state index contributed by atoms with van der Waals surface area (Å²) in [5, 5.41) is 14.9. The van der Waals surface area contributed by atoms with Crippen molar-refractivity contribution in [3.8, 4) is 0 Å². The Labute approximate surface area is 126 Å². The van der Waals surface area contributed by atoms with Gasteiger partial charge in [-0.15, -0.1) is 4.83 Å². The molecule has 7 nitrogen and oxygen atoms in total. The smallest absolute Gasteiger partial charge is 0.257 e. The predicted octanol–water partition coefficient (Wildman–Crippen LogP) is 0.562. The van der Waals surface area contributed by atoms with Crippen molar-refractivity contribution in [1.29, 1.82) is 0 Å². The van der Waals surface area contributed by atoms with E-state index in [1.54, 1.807) is 23.5 Å². The molecule has 0 atom stereocenters.